The molecule has 2 heterocycles. The van der Waals surface area contributed by atoms with Crippen molar-refractivity contribution in [1.29, 1.82) is 0 Å². The topological polar surface area (TPSA) is 101 Å². The first kappa shape index (κ1) is 24.1. The molecule has 0 spiro atoms. The van der Waals surface area contributed by atoms with Crippen LogP contribution in [0.2, 0.25) is 0 Å². The molecule has 2 aromatic carbocycles. The molecule has 0 unspecified atom stereocenters. The van der Waals surface area contributed by atoms with Gasteiger partial charge in [-0.2, -0.15) is 9.40 Å². The number of sulfonamides is 1. The number of nitrogens with one attached hydrogen (secondary N) is 1. The van der Waals surface area contributed by atoms with Crippen molar-refractivity contribution in [2.45, 2.75) is 51.1 Å². The fraction of sp³-hybridized carbons (Fsp3) is 0.400. The van der Waals surface area contributed by atoms with Crippen molar-refractivity contribution in [2.24, 2.45) is 5.92 Å². The smallest absolute Gasteiger partial charge is 0.274 e. The maximum Gasteiger partial charge on any atom is 0.274 e. The lowest BCUT2D eigenvalue weighted by Gasteiger charge is -2.25. The van der Waals surface area contributed by atoms with Crippen molar-refractivity contribution in [3.8, 4) is 0 Å². The maximum atomic E-state index is 13.0. The maximum absolute atomic E-state index is 13.0. The summed E-state index contributed by atoms with van der Waals surface area (Å²) < 4.78 is 28.5. The Morgan fingerprint density at radius 3 is 2.29 bits per heavy atom. The summed E-state index contributed by atoms with van der Waals surface area (Å²) in [5.74, 6) is -0.194. The Morgan fingerprint density at radius 1 is 1.00 bits per heavy atom. The standard InChI is InChI=1S/C25H30N4O4S/c1-18(2)17-29-25(31)22-9-5-4-8-21(22)23(27-29)24(30)26-16-19-10-12-20(13-11-19)34(32,33)28-14-6-3-7-15-28/h4-5,8-13,18H,3,6-7,14-17H2,1-2H3,(H,26,30). The SMILES string of the molecule is CC(C)Cn1nc(C(=O)NCc2ccc(S(=O)(=O)N3CCCCC3)cc2)c2ccccc2c1=O. The third-order valence-electron chi connectivity index (χ3n) is 5.95. The molecule has 8 nitrogen and oxygen atoms in total. The van der Waals surface area contributed by atoms with Gasteiger partial charge in [0.05, 0.1) is 10.3 Å². The van der Waals surface area contributed by atoms with E-state index in [1.54, 1.807) is 48.5 Å². The van der Waals surface area contributed by atoms with Crippen molar-refractivity contribution in [2.75, 3.05) is 13.1 Å². The molecule has 1 aliphatic heterocycles. The molecule has 0 saturated carbocycles. The summed E-state index contributed by atoms with van der Waals surface area (Å²) in [5.41, 5.74) is 0.747. The van der Waals surface area contributed by atoms with Gasteiger partial charge >= 0.3 is 0 Å². The van der Waals surface area contributed by atoms with Crippen molar-refractivity contribution in [3.63, 3.8) is 0 Å². The minimum Gasteiger partial charge on any atom is -0.347 e. The van der Waals surface area contributed by atoms with Crippen LogP contribution >= 0.6 is 0 Å². The molecule has 1 aromatic heterocycles. The van der Waals surface area contributed by atoms with E-state index in [0.717, 1.165) is 24.8 Å². The normalized spacial score (nSPS) is 15.0. The van der Waals surface area contributed by atoms with Gasteiger partial charge < -0.3 is 5.32 Å². The number of nitrogens with zero attached hydrogens (tertiary/aromatic N) is 3. The van der Waals surface area contributed by atoms with Crippen molar-refractivity contribution in [3.05, 3.63) is 70.1 Å². The molecule has 0 radical (unpaired) electrons. The number of fused-ring (bicyclic) bond motifs is 1. The van der Waals surface area contributed by atoms with Crippen LogP contribution in [0.25, 0.3) is 10.8 Å². The highest BCUT2D eigenvalue weighted by Gasteiger charge is 2.25. The molecule has 0 bridgehead atoms. The predicted molar refractivity (Wildman–Crippen MR) is 131 cm³/mol. The van der Waals surface area contributed by atoms with E-state index in [4.69, 9.17) is 0 Å². The number of benzene rings is 2. The first-order chi connectivity index (χ1) is 16.3. The molecular weight excluding hydrogens is 452 g/mol. The second kappa shape index (κ2) is 10.1. The summed E-state index contributed by atoms with van der Waals surface area (Å²) in [6.45, 7) is 5.70. The van der Waals surface area contributed by atoms with Crippen LogP contribution in [0, 0.1) is 5.92 Å². The first-order valence-corrected chi connectivity index (χ1v) is 13.1. The quantitative estimate of drug-likeness (QED) is 0.557. The molecule has 0 aliphatic carbocycles. The molecule has 1 aliphatic rings. The Kier molecular flexibility index (Phi) is 7.13. The molecule has 1 N–H and O–H groups in total. The monoisotopic (exact) mass is 482 g/mol. The molecule has 9 heteroatoms. The third-order valence-corrected chi connectivity index (χ3v) is 7.86. The second-order valence-corrected chi connectivity index (χ2v) is 11.0. The fourth-order valence-electron chi connectivity index (χ4n) is 4.17. The van der Waals surface area contributed by atoms with Crippen LogP contribution in [0.1, 0.15) is 49.2 Å². The highest BCUT2D eigenvalue weighted by Crippen LogP contribution is 2.21. The van der Waals surface area contributed by atoms with E-state index in [2.05, 4.69) is 10.4 Å². The Hall–Kier alpha value is -3.04. The van der Waals surface area contributed by atoms with Gasteiger partial charge in [0.15, 0.2) is 5.69 Å². The molecule has 1 fully saturated rings. The zero-order valence-electron chi connectivity index (χ0n) is 19.5. The van der Waals surface area contributed by atoms with Gasteiger partial charge in [0.2, 0.25) is 10.0 Å². The summed E-state index contributed by atoms with van der Waals surface area (Å²) in [6.07, 6.45) is 2.83. The summed E-state index contributed by atoms with van der Waals surface area (Å²) in [4.78, 5) is 26.0. The Labute approximate surface area is 199 Å². The van der Waals surface area contributed by atoms with Crippen LogP contribution in [-0.2, 0) is 23.1 Å². The van der Waals surface area contributed by atoms with E-state index >= 15 is 0 Å². The van der Waals surface area contributed by atoms with Gasteiger partial charge in [0, 0.05) is 31.6 Å². The number of hydrogen-bond acceptors (Lipinski definition) is 5. The molecule has 4 rings (SSSR count). The van der Waals surface area contributed by atoms with Gasteiger partial charge in [-0.25, -0.2) is 13.1 Å². The lowest BCUT2D eigenvalue weighted by atomic mass is 10.1. The zero-order valence-corrected chi connectivity index (χ0v) is 20.3. The molecule has 1 saturated heterocycles. The van der Waals surface area contributed by atoms with E-state index in [0.29, 0.717) is 30.4 Å². The molecule has 1 amide bonds. The highest BCUT2D eigenvalue weighted by atomic mass is 32.2. The van der Waals surface area contributed by atoms with Crippen LogP contribution in [0.3, 0.4) is 0 Å². The predicted octanol–water partition coefficient (Wildman–Crippen LogP) is 3.16. The van der Waals surface area contributed by atoms with E-state index in [-0.39, 0.29) is 28.6 Å². The minimum absolute atomic E-state index is 0.195. The third kappa shape index (κ3) is 5.05. The van der Waals surface area contributed by atoms with Crippen LogP contribution in [0.5, 0.6) is 0 Å². The van der Waals surface area contributed by atoms with Crippen LogP contribution in [0.4, 0.5) is 0 Å². The summed E-state index contributed by atoms with van der Waals surface area (Å²) in [7, 11) is -3.49. The summed E-state index contributed by atoms with van der Waals surface area (Å²) in [5, 5.41) is 8.17. The number of amides is 1. The number of aromatic nitrogens is 2. The highest BCUT2D eigenvalue weighted by molar-refractivity contribution is 7.89. The van der Waals surface area contributed by atoms with E-state index in [1.165, 1.54) is 8.99 Å². The number of carbonyl (C=O) groups is 1. The Bertz CT molecular complexity index is 1340. The number of rotatable bonds is 7. The van der Waals surface area contributed by atoms with Crippen LogP contribution in [-0.4, -0.2) is 41.5 Å². The summed E-state index contributed by atoms with van der Waals surface area (Å²) in [6, 6.07) is 13.6. The van der Waals surface area contributed by atoms with Gasteiger partial charge in [0.1, 0.15) is 0 Å². The van der Waals surface area contributed by atoms with E-state index < -0.39 is 15.9 Å². The molecule has 180 valence electrons. The Balaban J connectivity index is 1.52. The van der Waals surface area contributed by atoms with Gasteiger partial charge in [-0.05, 0) is 42.5 Å². The van der Waals surface area contributed by atoms with E-state index in [1.807, 2.05) is 13.8 Å². The summed E-state index contributed by atoms with van der Waals surface area (Å²) >= 11 is 0. The molecule has 34 heavy (non-hydrogen) atoms. The number of piperidine rings is 1. The van der Waals surface area contributed by atoms with E-state index in [9.17, 15) is 18.0 Å². The lowest BCUT2D eigenvalue weighted by Crippen LogP contribution is -2.35. The van der Waals surface area contributed by atoms with Crippen molar-refractivity contribution in [1.82, 2.24) is 19.4 Å². The largest absolute Gasteiger partial charge is 0.347 e. The van der Waals surface area contributed by atoms with Crippen molar-refractivity contribution < 1.29 is 13.2 Å². The Morgan fingerprint density at radius 2 is 1.65 bits per heavy atom. The van der Waals surface area contributed by atoms with Gasteiger partial charge in [-0.15, -0.1) is 0 Å². The molecular formula is C25H30N4O4S. The van der Waals surface area contributed by atoms with Gasteiger partial charge in [0.25, 0.3) is 11.5 Å². The average Bonchev–Trinajstić information content (AvgIpc) is 2.85. The number of hydrogen-bond donors (Lipinski definition) is 1. The van der Waals surface area contributed by atoms with Gasteiger partial charge in [-0.1, -0.05) is 50.6 Å². The number of carbonyl (C=O) groups excluding carboxylic acids is 1. The lowest BCUT2D eigenvalue weighted by molar-refractivity contribution is 0.0945. The minimum atomic E-state index is -3.49. The van der Waals surface area contributed by atoms with Crippen molar-refractivity contribution >= 4 is 26.7 Å². The zero-order chi connectivity index (χ0) is 24.3. The average molecular weight is 483 g/mol. The van der Waals surface area contributed by atoms with Gasteiger partial charge in [-0.3, -0.25) is 9.59 Å². The fourth-order valence-corrected chi connectivity index (χ4v) is 5.69. The molecule has 0 atom stereocenters. The van der Waals surface area contributed by atoms with Crippen LogP contribution < -0.4 is 10.9 Å². The first-order valence-electron chi connectivity index (χ1n) is 11.6. The second-order valence-electron chi connectivity index (χ2n) is 9.07. The van der Waals surface area contributed by atoms with Crippen LogP contribution in [0.15, 0.2) is 58.2 Å². The molecule has 3 aromatic rings.